The number of aromatic nitrogens is 1. The molecule has 4 aromatic rings. The molecule has 0 saturated heterocycles. The van der Waals surface area contributed by atoms with Gasteiger partial charge >= 0.3 is 0 Å². The zero-order chi connectivity index (χ0) is 27.2. The van der Waals surface area contributed by atoms with Crippen LogP contribution in [-0.4, -0.2) is 68.2 Å². The molecule has 0 saturated carbocycles. The van der Waals surface area contributed by atoms with E-state index in [0.717, 1.165) is 58.6 Å². The van der Waals surface area contributed by atoms with Crippen molar-refractivity contribution in [1.82, 2.24) is 14.8 Å². The van der Waals surface area contributed by atoms with Gasteiger partial charge in [-0.15, -0.1) is 0 Å². The summed E-state index contributed by atoms with van der Waals surface area (Å²) < 4.78 is 17.3. The van der Waals surface area contributed by atoms with Gasteiger partial charge in [0.25, 0.3) is 0 Å². The summed E-state index contributed by atoms with van der Waals surface area (Å²) in [6.07, 6.45) is 1.72. The van der Waals surface area contributed by atoms with Crippen molar-refractivity contribution in [2.75, 3.05) is 47.5 Å². The average molecular weight is 528 g/mol. The normalized spacial score (nSPS) is 15.0. The van der Waals surface area contributed by atoms with E-state index in [0.29, 0.717) is 19.8 Å². The second-order valence-electron chi connectivity index (χ2n) is 10.2. The summed E-state index contributed by atoms with van der Waals surface area (Å²) in [5, 5.41) is 1.14. The van der Waals surface area contributed by atoms with Crippen molar-refractivity contribution in [3.63, 3.8) is 0 Å². The third-order valence-electron chi connectivity index (χ3n) is 7.21. The van der Waals surface area contributed by atoms with Crippen molar-refractivity contribution in [2.24, 2.45) is 0 Å². The largest absolute Gasteiger partial charge is 0.497 e. The SMILES string of the molecule is COc1ccc2[nH]c3c(c2c1)CCN(C(=O)COCc1ccccc1)[C@@H]3c1ccc(OCCCN(C)C)cc1. The van der Waals surface area contributed by atoms with Crippen LogP contribution in [0.4, 0.5) is 0 Å². The molecule has 1 aliphatic rings. The lowest BCUT2D eigenvalue weighted by atomic mass is 9.92. The fraction of sp³-hybridized carbons (Fsp3) is 0.344. The molecule has 0 fully saturated rings. The Kier molecular flexibility index (Phi) is 8.49. The number of benzene rings is 3. The van der Waals surface area contributed by atoms with Gasteiger partial charge in [-0.25, -0.2) is 0 Å². The van der Waals surface area contributed by atoms with E-state index < -0.39 is 0 Å². The molecule has 204 valence electrons. The summed E-state index contributed by atoms with van der Waals surface area (Å²) in [6.45, 7) is 2.69. The van der Waals surface area contributed by atoms with Gasteiger partial charge in [0, 0.05) is 29.7 Å². The van der Waals surface area contributed by atoms with E-state index in [4.69, 9.17) is 14.2 Å². The van der Waals surface area contributed by atoms with E-state index >= 15 is 0 Å². The second-order valence-corrected chi connectivity index (χ2v) is 10.2. The van der Waals surface area contributed by atoms with E-state index in [2.05, 4.69) is 42.2 Å². The molecule has 7 heteroatoms. The van der Waals surface area contributed by atoms with Crippen LogP contribution in [0.25, 0.3) is 10.9 Å². The number of ether oxygens (including phenoxy) is 3. The van der Waals surface area contributed by atoms with Gasteiger partial charge in [-0.2, -0.15) is 0 Å². The summed E-state index contributed by atoms with van der Waals surface area (Å²) in [5.74, 6) is 1.63. The van der Waals surface area contributed by atoms with E-state index in [1.54, 1.807) is 7.11 Å². The Morgan fingerprint density at radius 2 is 1.79 bits per heavy atom. The van der Waals surface area contributed by atoms with Crippen molar-refractivity contribution in [1.29, 1.82) is 0 Å². The number of fused-ring (bicyclic) bond motifs is 3. The van der Waals surface area contributed by atoms with Crippen molar-refractivity contribution in [3.8, 4) is 11.5 Å². The van der Waals surface area contributed by atoms with E-state index in [1.807, 2.05) is 59.5 Å². The van der Waals surface area contributed by atoms with Gasteiger partial charge in [0.2, 0.25) is 5.91 Å². The van der Waals surface area contributed by atoms with E-state index in [-0.39, 0.29) is 18.6 Å². The summed E-state index contributed by atoms with van der Waals surface area (Å²) in [7, 11) is 5.81. The highest BCUT2D eigenvalue weighted by atomic mass is 16.5. The van der Waals surface area contributed by atoms with Crippen molar-refractivity contribution in [3.05, 3.63) is 95.2 Å². The Morgan fingerprint density at radius 3 is 2.54 bits per heavy atom. The van der Waals surface area contributed by atoms with Crippen LogP contribution in [0.5, 0.6) is 11.5 Å². The van der Waals surface area contributed by atoms with Gasteiger partial charge in [0.15, 0.2) is 0 Å². The summed E-state index contributed by atoms with van der Waals surface area (Å²) in [6, 6.07) is 23.9. The molecule has 39 heavy (non-hydrogen) atoms. The van der Waals surface area contributed by atoms with Crippen molar-refractivity contribution < 1.29 is 19.0 Å². The number of hydrogen-bond donors (Lipinski definition) is 1. The quantitative estimate of drug-likeness (QED) is 0.272. The van der Waals surface area contributed by atoms with Crippen molar-refractivity contribution >= 4 is 16.8 Å². The number of nitrogens with one attached hydrogen (secondary N) is 1. The fourth-order valence-electron chi connectivity index (χ4n) is 5.24. The van der Waals surface area contributed by atoms with Crippen LogP contribution in [0.1, 0.15) is 34.8 Å². The second kappa shape index (κ2) is 12.4. The number of nitrogens with zero attached hydrogens (tertiary/aromatic N) is 2. The average Bonchev–Trinajstić information content (AvgIpc) is 3.33. The zero-order valence-corrected chi connectivity index (χ0v) is 23.0. The molecule has 1 aromatic heterocycles. The zero-order valence-electron chi connectivity index (χ0n) is 23.0. The molecule has 3 aromatic carbocycles. The van der Waals surface area contributed by atoms with Crippen LogP contribution in [0.3, 0.4) is 0 Å². The van der Waals surface area contributed by atoms with Gasteiger partial charge in [0.1, 0.15) is 18.1 Å². The highest BCUT2D eigenvalue weighted by Gasteiger charge is 2.34. The first-order valence-corrected chi connectivity index (χ1v) is 13.5. The number of carbonyl (C=O) groups excluding carboxylic acids is 1. The highest BCUT2D eigenvalue weighted by molar-refractivity contribution is 5.88. The van der Waals surface area contributed by atoms with Gasteiger partial charge in [-0.05, 0) is 74.0 Å². The Bertz CT molecular complexity index is 1380. The molecule has 1 N–H and O–H groups in total. The van der Waals surface area contributed by atoms with Gasteiger partial charge in [0.05, 0.1) is 26.4 Å². The molecule has 1 amide bonds. The summed E-state index contributed by atoms with van der Waals surface area (Å²) in [5.41, 5.74) is 5.40. The van der Waals surface area contributed by atoms with Crippen LogP contribution in [0.2, 0.25) is 0 Å². The minimum atomic E-state index is -0.247. The van der Waals surface area contributed by atoms with Crippen LogP contribution in [0, 0.1) is 0 Å². The molecule has 2 heterocycles. The van der Waals surface area contributed by atoms with Gasteiger partial charge in [-0.1, -0.05) is 42.5 Å². The molecule has 1 aliphatic heterocycles. The third-order valence-corrected chi connectivity index (χ3v) is 7.21. The lowest BCUT2D eigenvalue weighted by molar-refractivity contribution is -0.138. The molecule has 0 radical (unpaired) electrons. The molecular weight excluding hydrogens is 490 g/mol. The number of aromatic amines is 1. The predicted octanol–water partition coefficient (Wildman–Crippen LogP) is 5.20. The maximum atomic E-state index is 13.5. The number of carbonyl (C=O) groups is 1. The van der Waals surface area contributed by atoms with Gasteiger partial charge < -0.3 is 29.0 Å². The molecular formula is C32H37N3O4. The summed E-state index contributed by atoms with van der Waals surface area (Å²) in [4.78, 5) is 21.2. The number of amides is 1. The minimum absolute atomic E-state index is 0.0261. The molecule has 7 nitrogen and oxygen atoms in total. The fourth-order valence-corrected chi connectivity index (χ4v) is 5.24. The molecule has 0 bridgehead atoms. The van der Waals surface area contributed by atoms with Crippen LogP contribution >= 0.6 is 0 Å². The number of hydrogen-bond acceptors (Lipinski definition) is 5. The number of methoxy groups -OCH3 is 1. The molecule has 0 unspecified atom stereocenters. The highest BCUT2D eigenvalue weighted by Crippen LogP contribution is 2.39. The smallest absolute Gasteiger partial charge is 0.249 e. The first-order valence-electron chi connectivity index (χ1n) is 13.5. The molecule has 1 atom stereocenters. The van der Waals surface area contributed by atoms with Crippen LogP contribution in [-0.2, 0) is 22.6 Å². The Morgan fingerprint density at radius 1 is 1.03 bits per heavy atom. The number of rotatable bonds is 11. The molecule has 5 rings (SSSR count). The Labute approximate surface area is 230 Å². The molecule has 0 aliphatic carbocycles. The monoisotopic (exact) mass is 527 g/mol. The summed E-state index contributed by atoms with van der Waals surface area (Å²) >= 11 is 0. The Hall–Kier alpha value is -3.81. The lowest BCUT2D eigenvalue weighted by Gasteiger charge is -2.36. The van der Waals surface area contributed by atoms with E-state index in [9.17, 15) is 4.79 Å². The Balaban J connectivity index is 1.39. The first kappa shape index (κ1) is 26.8. The minimum Gasteiger partial charge on any atom is -0.497 e. The lowest BCUT2D eigenvalue weighted by Crippen LogP contribution is -2.42. The molecule has 0 spiro atoms. The van der Waals surface area contributed by atoms with Crippen LogP contribution in [0.15, 0.2) is 72.8 Å². The standard InChI is InChI=1S/C32H37N3O4/c1-34(2)17-7-19-39-25-12-10-24(11-13-25)32-31-27(28-20-26(37-3)14-15-29(28)33-31)16-18-35(32)30(36)22-38-21-23-8-5-4-6-9-23/h4-6,8-15,20,32-33H,7,16-19,21-22H2,1-3H3/t32-/m1/s1. The van der Waals surface area contributed by atoms with Crippen LogP contribution < -0.4 is 9.47 Å². The topological polar surface area (TPSA) is 67.0 Å². The third kappa shape index (κ3) is 6.27. The maximum absolute atomic E-state index is 13.5. The van der Waals surface area contributed by atoms with E-state index in [1.165, 1.54) is 5.56 Å². The maximum Gasteiger partial charge on any atom is 0.249 e. The predicted molar refractivity (Wildman–Crippen MR) is 153 cm³/mol. The van der Waals surface area contributed by atoms with Gasteiger partial charge in [-0.3, -0.25) is 4.79 Å². The number of H-pyrrole nitrogens is 1. The first-order chi connectivity index (χ1) is 19.0. The van der Waals surface area contributed by atoms with Crippen molar-refractivity contribution in [2.45, 2.75) is 25.5 Å².